The number of thiophene rings is 1. The number of anilines is 1. The summed E-state index contributed by atoms with van der Waals surface area (Å²) in [6.07, 6.45) is 6.30. The van der Waals surface area contributed by atoms with Gasteiger partial charge in [-0.15, -0.1) is 11.3 Å². The number of amides is 1. The van der Waals surface area contributed by atoms with Gasteiger partial charge >= 0.3 is 0 Å². The van der Waals surface area contributed by atoms with E-state index in [1.165, 1.54) is 11.3 Å². The topological polar surface area (TPSA) is 129 Å². The molecule has 6 rings (SSSR count). The number of imidazole rings is 1. The van der Waals surface area contributed by atoms with Crippen LogP contribution >= 0.6 is 11.3 Å². The lowest BCUT2D eigenvalue weighted by molar-refractivity contribution is -0.116. The summed E-state index contributed by atoms with van der Waals surface area (Å²) < 4.78 is 0. The van der Waals surface area contributed by atoms with Crippen molar-refractivity contribution in [2.24, 2.45) is 0 Å². The van der Waals surface area contributed by atoms with E-state index in [0.29, 0.717) is 29.3 Å². The van der Waals surface area contributed by atoms with Gasteiger partial charge in [0.2, 0.25) is 5.91 Å². The lowest BCUT2D eigenvalue weighted by Gasteiger charge is -2.06. The molecule has 0 unspecified atom stereocenters. The first-order valence-electron chi connectivity index (χ1n) is 12.2. The number of hydrogen-bond donors (Lipinski definition) is 3. The van der Waals surface area contributed by atoms with Crippen molar-refractivity contribution in [2.75, 3.05) is 5.32 Å². The van der Waals surface area contributed by atoms with Crippen LogP contribution in [0.2, 0.25) is 0 Å². The first-order chi connectivity index (χ1) is 18.5. The van der Waals surface area contributed by atoms with E-state index in [0.717, 1.165) is 49.2 Å². The van der Waals surface area contributed by atoms with E-state index in [-0.39, 0.29) is 11.7 Å². The minimum atomic E-state index is -0.0451. The summed E-state index contributed by atoms with van der Waals surface area (Å²) in [6.45, 7) is 3.54. The van der Waals surface area contributed by atoms with Gasteiger partial charge in [0.15, 0.2) is 11.6 Å². The summed E-state index contributed by atoms with van der Waals surface area (Å²) >= 11 is 1.46. The smallest absolute Gasteiger partial charge is 0.224 e. The number of Topliss-reactive ketones (excluding diaryl/α,β-unsaturated/α-hetero) is 1. The normalized spacial score (nSPS) is 11.3. The Balaban J connectivity index is 1.39. The van der Waals surface area contributed by atoms with Crippen LogP contribution in [-0.4, -0.2) is 41.8 Å². The van der Waals surface area contributed by atoms with Gasteiger partial charge in [-0.1, -0.05) is 19.1 Å². The van der Waals surface area contributed by atoms with E-state index in [9.17, 15) is 9.59 Å². The van der Waals surface area contributed by atoms with Crippen molar-refractivity contribution >= 4 is 50.7 Å². The molecular formula is C28H23N7O2S. The maximum atomic E-state index is 12.0. The Morgan fingerprint density at radius 2 is 1.95 bits per heavy atom. The van der Waals surface area contributed by atoms with Crippen LogP contribution in [0.15, 0.2) is 61.1 Å². The highest BCUT2D eigenvalue weighted by molar-refractivity contribution is 7.17. The molecule has 0 saturated heterocycles. The molecule has 3 N–H and O–H groups in total. The largest absolute Gasteiger partial charge is 0.337 e. The zero-order chi connectivity index (χ0) is 26.2. The molecule has 38 heavy (non-hydrogen) atoms. The second-order valence-corrected chi connectivity index (χ2v) is 10.0. The number of carbonyl (C=O) groups is 2. The molecule has 0 aliphatic heterocycles. The second-order valence-electron chi connectivity index (χ2n) is 8.96. The third-order valence-corrected chi connectivity index (χ3v) is 7.42. The van der Waals surface area contributed by atoms with E-state index in [4.69, 9.17) is 4.98 Å². The molecule has 1 amide bonds. The number of ketones is 1. The summed E-state index contributed by atoms with van der Waals surface area (Å²) in [7, 11) is 0. The molecule has 0 bridgehead atoms. The van der Waals surface area contributed by atoms with Crippen molar-refractivity contribution in [3.63, 3.8) is 0 Å². The Bertz CT molecular complexity index is 1830. The Kier molecular flexibility index (Phi) is 6.01. The summed E-state index contributed by atoms with van der Waals surface area (Å²) in [4.78, 5) is 42.7. The summed E-state index contributed by atoms with van der Waals surface area (Å²) in [5, 5.41) is 11.3. The average molecular weight is 522 g/mol. The number of aromatic amines is 2. The molecule has 0 spiro atoms. The molecule has 0 aliphatic carbocycles. The highest BCUT2D eigenvalue weighted by Crippen LogP contribution is 2.35. The monoisotopic (exact) mass is 521 g/mol. The maximum Gasteiger partial charge on any atom is 0.224 e. The molecular weight excluding hydrogens is 498 g/mol. The van der Waals surface area contributed by atoms with Crippen molar-refractivity contribution < 1.29 is 9.59 Å². The summed E-state index contributed by atoms with van der Waals surface area (Å²) in [5.41, 5.74) is 6.19. The fourth-order valence-corrected chi connectivity index (χ4v) is 5.30. The first-order valence-corrected chi connectivity index (χ1v) is 13.0. The van der Waals surface area contributed by atoms with E-state index in [1.807, 2.05) is 49.4 Å². The standard InChI is InChI=1S/C28H23N7O2S/c1-3-5-25(37)31-17-10-16(12-29-13-17)21-11-19-22(14-30-21)34-35-27(19)28-32-20-7-4-6-18(26(20)33-28)24-9-8-23(38-24)15(2)36/h4,6-14H,3,5H2,1-2H3,(H,31,37)(H,32,33)(H,34,35). The molecule has 5 heterocycles. The van der Waals surface area contributed by atoms with Gasteiger partial charge in [0.05, 0.1) is 45.2 Å². The predicted molar refractivity (Wildman–Crippen MR) is 149 cm³/mol. The zero-order valence-electron chi connectivity index (χ0n) is 20.7. The first kappa shape index (κ1) is 23.7. The van der Waals surface area contributed by atoms with Gasteiger partial charge in [0.25, 0.3) is 0 Å². The number of pyridine rings is 2. The molecule has 10 heteroatoms. The maximum absolute atomic E-state index is 12.0. The lowest BCUT2D eigenvalue weighted by Crippen LogP contribution is -2.10. The fourth-order valence-electron chi connectivity index (χ4n) is 4.37. The quantitative estimate of drug-likeness (QED) is 0.214. The number of nitrogens with zero attached hydrogens (tertiary/aromatic N) is 4. The van der Waals surface area contributed by atoms with Gasteiger partial charge in [0.1, 0.15) is 5.69 Å². The van der Waals surface area contributed by atoms with E-state index in [1.54, 1.807) is 25.5 Å². The fraction of sp³-hybridized carbons (Fsp3) is 0.143. The SMILES string of the molecule is CCCC(=O)Nc1cncc(-c2cc3c(-c4nc5c(-c6ccc(C(C)=O)s6)cccc5[nH]4)n[nH]c3cn2)c1. The Hall–Kier alpha value is -4.70. The molecule has 9 nitrogen and oxygen atoms in total. The molecule has 0 atom stereocenters. The van der Waals surface area contributed by atoms with Gasteiger partial charge in [0, 0.05) is 34.0 Å². The zero-order valence-corrected chi connectivity index (χ0v) is 21.5. The van der Waals surface area contributed by atoms with Gasteiger partial charge in [-0.3, -0.25) is 24.7 Å². The van der Waals surface area contributed by atoms with Gasteiger partial charge < -0.3 is 10.3 Å². The molecule has 0 aliphatic rings. The number of hydrogen-bond acceptors (Lipinski definition) is 7. The van der Waals surface area contributed by atoms with Crippen LogP contribution in [0.3, 0.4) is 0 Å². The molecule has 5 aromatic heterocycles. The Morgan fingerprint density at radius 3 is 2.76 bits per heavy atom. The Morgan fingerprint density at radius 1 is 1.05 bits per heavy atom. The van der Waals surface area contributed by atoms with Crippen molar-refractivity contribution in [2.45, 2.75) is 26.7 Å². The van der Waals surface area contributed by atoms with E-state index in [2.05, 4.69) is 30.5 Å². The number of nitrogens with one attached hydrogen (secondary N) is 3. The third-order valence-electron chi connectivity index (χ3n) is 6.20. The van der Waals surface area contributed by atoms with Crippen LogP contribution in [0.1, 0.15) is 36.4 Å². The molecule has 0 fully saturated rings. The molecule has 6 aromatic rings. The number of carbonyl (C=O) groups excluding carboxylic acids is 2. The third kappa shape index (κ3) is 4.35. The number of benzene rings is 1. The van der Waals surface area contributed by atoms with Crippen LogP contribution in [0, 0.1) is 0 Å². The van der Waals surface area contributed by atoms with Crippen LogP contribution < -0.4 is 5.32 Å². The van der Waals surface area contributed by atoms with E-state index >= 15 is 0 Å². The van der Waals surface area contributed by atoms with Crippen LogP contribution in [-0.2, 0) is 4.79 Å². The lowest BCUT2D eigenvalue weighted by atomic mass is 10.1. The van der Waals surface area contributed by atoms with Crippen molar-refractivity contribution in [3.8, 4) is 33.2 Å². The number of H-pyrrole nitrogens is 2. The van der Waals surface area contributed by atoms with E-state index < -0.39 is 0 Å². The minimum absolute atomic E-state index is 0.0451. The summed E-state index contributed by atoms with van der Waals surface area (Å²) in [5.74, 6) is 0.627. The number of para-hydroxylation sites is 1. The van der Waals surface area contributed by atoms with Crippen molar-refractivity contribution in [1.29, 1.82) is 0 Å². The van der Waals surface area contributed by atoms with Gasteiger partial charge in [-0.25, -0.2) is 4.98 Å². The van der Waals surface area contributed by atoms with Crippen molar-refractivity contribution in [3.05, 3.63) is 65.9 Å². The van der Waals surface area contributed by atoms with Gasteiger partial charge in [-0.2, -0.15) is 5.10 Å². The number of fused-ring (bicyclic) bond motifs is 2. The minimum Gasteiger partial charge on any atom is -0.337 e. The second kappa shape index (κ2) is 9.64. The molecule has 1 aromatic carbocycles. The molecule has 188 valence electrons. The van der Waals surface area contributed by atoms with Crippen molar-refractivity contribution in [1.82, 2.24) is 30.1 Å². The molecule has 0 saturated carbocycles. The molecule has 0 radical (unpaired) electrons. The summed E-state index contributed by atoms with van der Waals surface area (Å²) in [6, 6.07) is 13.6. The average Bonchev–Trinajstić information content (AvgIpc) is 3.66. The number of aromatic nitrogens is 6. The van der Waals surface area contributed by atoms with Gasteiger partial charge in [-0.05, 0) is 43.7 Å². The van der Waals surface area contributed by atoms with Crippen LogP contribution in [0.5, 0.6) is 0 Å². The highest BCUT2D eigenvalue weighted by Gasteiger charge is 2.17. The predicted octanol–water partition coefficient (Wildman–Crippen LogP) is 6.23. The van der Waals surface area contributed by atoms with Crippen LogP contribution in [0.4, 0.5) is 5.69 Å². The Labute approximate surface area is 221 Å². The highest BCUT2D eigenvalue weighted by atomic mass is 32.1. The number of rotatable bonds is 7. The van der Waals surface area contributed by atoms with Crippen LogP contribution in [0.25, 0.3) is 55.2 Å².